The van der Waals surface area contributed by atoms with Crippen LogP contribution in [0.15, 0.2) is 0 Å². The van der Waals surface area contributed by atoms with Crippen LogP contribution in [0.5, 0.6) is 0 Å². The molecule has 0 spiro atoms. The van der Waals surface area contributed by atoms with Gasteiger partial charge in [-0.1, -0.05) is 13.8 Å². The van der Waals surface area contributed by atoms with Gasteiger partial charge in [0.1, 0.15) is 0 Å². The number of hydrogen-bond donors (Lipinski definition) is 1. The predicted molar refractivity (Wildman–Crippen MR) is 68.5 cm³/mol. The van der Waals surface area contributed by atoms with Crippen LogP contribution in [0.25, 0.3) is 0 Å². The van der Waals surface area contributed by atoms with Crippen molar-refractivity contribution in [3.63, 3.8) is 0 Å². The third kappa shape index (κ3) is 4.04. The fourth-order valence-corrected chi connectivity index (χ4v) is 2.47. The average molecular weight is 228 g/mol. The molecule has 1 aliphatic heterocycles. The molecule has 16 heavy (non-hydrogen) atoms. The van der Waals surface area contributed by atoms with Crippen LogP contribution in [-0.4, -0.2) is 43.8 Å². The van der Waals surface area contributed by atoms with Crippen molar-refractivity contribution in [2.75, 3.05) is 33.4 Å². The third-order valence-corrected chi connectivity index (χ3v) is 4.06. The largest absolute Gasteiger partial charge is 0.384 e. The Morgan fingerprint density at radius 2 is 1.81 bits per heavy atom. The highest BCUT2D eigenvalue weighted by Crippen LogP contribution is 2.20. The van der Waals surface area contributed by atoms with E-state index in [9.17, 15) is 0 Å². The fourth-order valence-electron chi connectivity index (χ4n) is 2.47. The first kappa shape index (κ1) is 13.9. The van der Waals surface area contributed by atoms with Gasteiger partial charge < -0.3 is 15.4 Å². The van der Waals surface area contributed by atoms with Crippen LogP contribution < -0.4 is 5.73 Å². The van der Waals surface area contributed by atoms with Gasteiger partial charge in [0.25, 0.3) is 0 Å². The fraction of sp³-hybridized carbons (Fsp3) is 1.00. The maximum atomic E-state index is 6.35. The van der Waals surface area contributed by atoms with Crippen molar-refractivity contribution < 1.29 is 4.74 Å². The molecule has 1 heterocycles. The number of nitrogens with two attached hydrogens (primary N) is 1. The summed E-state index contributed by atoms with van der Waals surface area (Å²) in [6.45, 7) is 8.74. The molecule has 0 aromatic heterocycles. The van der Waals surface area contributed by atoms with E-state index in [4.69, 9.17) is 10.5 Å². The Bertz CT molecular complexity index is 184. The predicted octanol–water partition coefficient (Wildman–Crippen LogP) is 1.86. The third-order valence-electron chi connectivity index (χ3n) is 4.06. The van der Waals surface area contributed by atoms with E-state index in [0.717, 1.165) is 31.9 Å². The molecular weight excluding hydrogens is 200 g/mol. The first-order valence-electron chi connectivity index (χ1n) is 6.63. The van der Waals surface area contributed by atoms with E-state index in [1.165, 1.54) is 25.9 Å². The number of rotatable bonds is 6. The van der Waals surface area contributed by atoms with E-state index >= 15 is 0 Å². The number of hydrogen-bond acceptors (Lipinski definition) is 3. The Morgan fingerprint density at radius 3 is 2.25 bits per heavy atom. The molecule has 0 unspecified atom stereocenters. The summed E-state index contributed by atoms with van der Waals surface area (Å²) < 4.78 is 5.22. The van der Waals surface area contributed by atoms with E-state index in [1.807, 2.05) is 0 Å². The molecule has 0 aliphatic carbocycles. The van der Waals surface area contributed by atoms with Crippen LogP contribution in [0.4, 0.5) is 0 Å². The molecule has 1 fully saturated rings. The number of piperidine rings is 1. The monoisotopic (exact) mass is 228 g/mol. The minimum absolute atomic E-state index is 0.0219. The highest BCUT2D eigenvalue weighted by Gasteiger charge is 2.26. The Labute approximate surface area is 100 Å². The minimum Gasteiger partial charge on any atom is -0.384 e. The van der Waals surface area contributed by atoms with Crippen molar-refractivity contribution in [1.29, 1.82) is 0 Å². The lowest BCUT2D eigenvalue weighted by molar-refractivity contribution is 0.0874. The van der Waals surface area contributed by atoms with Gasteiger partial charge in [-0.15, -0.1) is 0 Å². The zero-order valence-corrected chi connectivity index (χ0v) is 11.2. The van der Waals surface area contributed by atoms with Crippen molar-refractivity contribution in [2.45, 2.75) is 45.1 Å². The topological polar surface area (TPSA) is 38.5 Å². The van der Waals surface area contributed by atoms with Gasteiger partial charge in [0.05, 0.1) is 0 Å². The molecule has 1 rings (SSSR count). The first-order chi connectivity index (χ1) is 7.63. The molecule has 0 saturated carbocycles. The SMILES string of the molecule is CCC(N)(CC)CN1CCC(COC)CC1. The maximum Gasteiger partial charge on any atom is 0.0491 e. The van der Waals surface area contributed by atoms with Gasteiger partial charge in [0.15, 0.2) is 0 Å². The van der Waals surface area contributed by atoms with Gasteiger partial charge in [-0.25, -0.2) is 0 Å². The second-order valence-electron chi connectivity index (χ2n) is 5.24. The summed E-state index contributed by atoms with van der Waals surface area (Å²) in [5.41, 5.74) is 6.38. The lowest BCUT2D eigenvalue weighted by atomic mass is 9.91. The average Bonchev–Trinajstić information content (AvgIpc) is 2.32. The van der Waals surface area contributed by atoms with Crippen LogP contribution >= 0.6 is 0 Å². The standard InChI is InChI=1S/C13H28N2O/c1-4-13(14,5-2)11-15-8-6-12(7-9-15)10-16-3/h12H,4-11,14H2,1-3H3. The molecule has 3 nitrogen and oxygen atoms in total. The maximum absolute atomic E-state index is 6.35. The highest BCUT2D eigenvalue weighted by atomic mass is 16.5. The zero-order chi connectivity index (χ0) is 12.0. The van der Waals surface area contributed by atoms with E-state index in [2.05, 4.69) is 18.7 Å². The van der Waals surface area contributed by atoms with Crippen LogP contribution in [0.3, 0.4) is 0 Å². The van der Waals surface area contributed by atoms with E-state index in [0.29, 0.717) is 0 Å². The summed E-state index contributed by atoms with van der Waals surface area (Å²) in [4.78, 5) is 2.53. The second-order valence-corrected chi connectivity index (χ2v) is 5.24. The van der Waals surface area contributed by atoms with Gasteiger partial charge in [-0.2, -0.15) is 0 Å². The number of nitrogens with zero attached hydrogens (tertiary/aromatic N) is 1. The molecule has 96 valence electrons. The molecule has 0 radical (unpaired) electrons. The Balaban J connectivity index is 2.31. The summed E-state index contributed by atoms with van der Waals surface area (Å²) >= 11 is 0. The number of likely N-dealkylation sites (tertiary alicyclic amines) is 1. The molecular formula is C13H28N2O. The number of methoxy groups -OCH3 is 1. The summed E-state index contributed by atoms with van der Waals surface area (Å²) in [7, 11) is 1.80. The molecule has 0 atom stereocenters. The summed E-state index contributed by atoms with van der Waals surface area (Å²) in [6, 6.07) is 0. The van der Waals surface area contributed by atoms with Gasteiger partial charge in [-0.05, 0) is 44.7 Å². The van der Waals surface area contributed by atoms with Crippen molar-refractivity contribution in [3.05, 3.63) is 0 Å². The van der Waals surface area contributed by atoms with Crippen molar-refractivity contribution in [1.82, 2.24) is 4.90 Å². The van der Waals surface area contributed by atoms with Crippen molar-refractivity contribution in [3.8, 4) is 0 Å². The van der Waals surface area contributed by atoms with Crippen LogP contribution in [0, 0.1) is 5.92 Å². The Morgan fingerprint density at radius 1 is 1.25 bits per heavy atom. The molecule has 2 N–H and O–H groups in total. The van der Waals surface area contributed by atoms with Crippen LogP contribution in [0.2, 0.25) is 0 Å². The van der Waals surface area contributed by atoms with Gasteiger partial charge in [-0.3, -0.25) is 0 Å². The van der Waals surface area contributed by atoms with Gasteiger partial charge in [0, 0.05) is 25.8 Å². The first-order valence-corrected chi connectivity index (χ1v) is 6.63. The minimum atomic E-state index is 0.0219. The van der Waals surface area contributed by atoms with Crippen molar-refractivity contribution in [2.24, 2.45) is 11.7 Å². The summed E-state index contributed by atoms with van der Waals surface area (Å²) in [5.74, 6) is 0.761. The van der Waals surface area contributed by atoms with Crippen molar-refractivity contribution >= 4 is 0 Å². The van der Waals surface area contributed by atoms with E-state index < -0.39 is 0 Å². The zero-order valence-electron chi connectivity index (χ0n) is 11.2. The molecule has 0 amide bonds. The van der Waals surface area contributed by atoms with Crippen LogP contribution in [0.1, 0.15) is 39.5 Å². The highest BCUT2D eigenvalue weighted by molar-refractivity contribution is 4.86. The smallest absolute Gasteiger partial charge is 0.0491 e. The second kappa shape index (κ2) is 6.58. The molecule has 3 heteroatoms. The molecule has 1 saturated heterocycles. The summed E-state index contributed by atoms with van der Waals surface area (Å²) in [5, 5.41) is 0. The lowest BCUT2D eigenvalue weighted by Gasteiger charge is -2.38. The molecule has 0 aromatic rings. The Hall–Kier alpha value is -0.120. The van der Waals surface area contributed by atoms with E-state index in [-0.39, 0.29) is 5.54 Å². The lowest BCUT2D eigenvalue weighted by Crippen LogP contribution is -2.51. The molecule has 0 bridgehead atoms. The number of ether oxygens (including phenoxy) is 1. The molecule has 1 aliphatic rings. The Kier molecular flexibility index (Phi) is 5.73. The van der Waals surface area contributed by atoms with Gasteiger partial charge >= 0.3 is 0 Å². The van der Waals surface area contributed by atoms with Crippen LogP contribution in [-0.2, 0) is 4.74 Å². The summed E-state index contributed by atoms with van der Waals surface area (Å²) in [6.07, 6.45) is 4.66. The quantitative estimate of drug-likeness (QED) is 0.754. The van der Waals surface area contributed by atoms with E-state index in [1.54, 1.807) is 7.11 Å². The van der Waals surface area contributed by atoms with Gasteiger partial charge in [0.2, 0.25) is 0 Å². The normalized spacial score (nSPS) is 20.2. The molecule has 0 aromatic carbocycles.